The highest BCUT2D eigenvalue weighted by atomic mass is 16.1. The number of likely N-dealkylation sites (N-methyl/N-ethyl adjacent to an activating group) is 1. The lowest BCUT2D eigenvalue weighted by molar-refractivity contribution is -0.116. The molecule has 1 aliphatic heterocycles. The zero-order valence-electron chi connectivity index (χ0n) is 27.1. The molecule has 1 unspecified atom stereocenters. The van der Waals surface area contributed by atoms with Gasteiger partial charge >= 0.3 is 0 Å². The van der Waals surface area contributed by atoms with Gasteiger partial charge in [-0.05, 0) is 12.8 Å². The molecular formula is C32H61BN7O. The summed E-state index contributed by atoms with van der Waals surface area (Å²) in [5, 5.41) is 0. The van der Waals surface area contributed by atoms with Crippen molar-refractivity contribution in [2.24, 2.45) is 5.73 Å². The smallest absolute Gasteiger partial charge is 0.237 e. The van der Waals surface area contributed by atoms with Gasteiger partial charge in [0.05, 0.1) is 12.3 Å². The van der Waals surface area contributed by atoms with E-state index in [9.17, 15) is 4.79 Å². The summed E-state index contributed by atoms with van der Waals surface area (Å²) >= 11 is 0. The molecule has 41 heavy (non-hydrogen) atoms. The van der Waals surface area contributed by atoms with Gasteiger partial charge in [0.25, 0.3) is 0 Å². The number of primary amides is 1. The molecule has 233 valence electrons. The van der Waals surface area contributed by atoms with E-state index in [0.29, 0.717) is 17.7 Å². The van der Waals surface area contributed by atoms with Crippen LogP contribution >= 0.6 is 0 Å². The Balaban J connectivity index is 2.01. The molecule has 2 N–H and O–H groups in total. The van der Waals surface area contributed by atoms with Crippen LogP contribution in [-0.2, 0) is 4.79 Å². The number of nitrogens with two attached hydrogens (primary N) is 1. The summed E-state index contributed by atoms with van der Waals surface area (Å²) in [6, 6.07) is 0.687. The van der Waals surface area contributed by atoms with Crippen LogP contribution in [0.2, 0.25) is 6.32 Å². The first kappa shape index (κ1) is 35.3. The Morgan fingerprint density at radius 2 is 1.32 bits per heavy atom. The van der Waals surface area contributed by atoms with E-state index in [2.05, 4.69) is 42.8 Å². The monoisotopic (exact) mass is 571 g/mol. The van der Waals surface area contributed by atoms with Crippen LogP contribution < -0.4 is 21.3 Å². The Labute approximate surface area is 252 Å². The Bertz CT molecular complexity index is 819. The fourth-order valence-corrected chi connectivity index (χ4v) is 5.82. The largest absolute Gasteiger partial charge is 0.368 e. The maximum absolute atomic E-state index is 11.6. The van der Waals surface area contributed by atoms with Crippen molar-refractivity contribution in [2.45, 2.75) is 142 Å². The second-order valence-electron chi connectivity index (χ2n) is 12.1. The minimum absolute atomic E-state index is 0.0894. The van der Waals surface area contributed by atoms with E-state index >= 15 is 0 Å². The predicted octanol–water partition coefficient (Wildman–Crippen LogP) is 5.72. The van der Waals surface area contributed by atoms with E-state index < -0.39 is 0 Å². The molecule has 9 heteroatoms. The molecule has 1 atom stereocenters. The molecule has 0 aromatic carbocycles. The van der Waals surface area contributed by atoms with Gasteiger partial charge in [-0.15, -0.1) is 0 Å². The fraction of sp³-hybridized carbons (Fsp3) is 0.875. The van der Waals surface area contributed by atoms with Gasteiger partial charge in [-0.3, -0.25) is 9.69 Å². The Kier molecular flexibility index (Phi) is 18.7. The zero-order chi connectivity index (χ0) is 29.7. The summed E-state index contributed by atoms with van der Waals surface area (Å²) < 4.78 is 0. The number of piperazine rings is 1. The fourth-order valence-electron chi connectivity index (χ4n) is 5.82. The van der Waals surface area contributed by atoms with Crippen molar-refractivity contribution in [1.29, 1.82) is 0 Å². The van der Waals surface area contributed by atoms with Crippen molar-refractivity contribution in [3.8, 4) is 0 Å². The predicted molar refractivity (Wildman–Crippen MR) is 176 cm³/mol. The number of anilines is 2. The molecule has 0 saturated carbocycles. The van der Waals surface area contributed by atoms with E-state index in [-0.39, 0.29) is 12.5 Å². The minimum Gasteiger partial charge on any atom is -0.368 e. The first-order valence-electron chi connectivity index (χ1n) is 17.1. The third-order valence-corrected chi connectivity index (χ3v) is 8.39. The van der Waals surface area contributed by atoms with Gasteiger partial charge in [-0.1, -0.05) is 123 Å². The average Bonchev–Trinajstić information content (AvgIpc) is 2.97. The van der Waals surface area contributed by atoms with Crippen LogP contribution in [0.1, 0.15) is 130 Å². The number of amides is 1. The molecular weight excluding hydrogens is 509 g/mol. The Morgan fingerprint density at radius 3 is 1.90 bits per heavy atom. The molecule has 1 aliphatic rings. The van der Waals surface area contributed by atoms with Gasteiger partial charge in [0.2, 0.25) is 25.1 Å². The summed E-state index contributed by atoms with van der Waals surface area (Å²) in [6.45, 7) is 10.8. The quantitative estimate of drug-likeness (QED) is 0.126. The molecule has 8 nitrogen and oxygen atoms in total. The molecule has 1 radical (unpaired) electrons. The number of hydrogen-bond acceptors (Lipinski definition) is 7. The van der Waals surface area contributed by atoms with Crippen molar-refractivity contribution in [3.05, 3.63) is 0 Å². The van der Waals surface area contributed by atoms with Gasteiger partial charge in [-0.25, -0.2) is 9.97 Å². The maximum atomic E-state index is 11.6. The van der Waals surface area contributed by atoms with Crippen molar-refractivity contribution in [3.63, 3.8) is 0 Å². The highest BCUT2D eigenvalue weighted by molar-refractivity contribution is 6.51. The third-order valence-electron chi connectivity index (χ3n) is 8.39. The SMILES string of the molecule is CCCCCCCC[B]c1nc(N(C)CC(N)=O)nc(N2CCN(C(CCCCCC)CCCCCCC)CC2)n1. The topological polar surface area (TPSA) is 91.5 Å². The average molecular weight is 571 g/mol. The molecule has 0 spiro atoms. The lowest BCUT2D eigenvalue weighted by atomic mass is 9.72. The van der Waals surface area contributed by atoms with Gasteiger partial charge < -0.3 is 15.5 Å². The standard InChI is InChI=1S/C32H61BN7O/c1-5-8-11-14-16-19-22-33-30-35-31(38(4)27-29(34)41)37-32(36-30)40-25-23-39(24-26-40)28(20-17-13-10-7-3)21-18-15-12-9-6-2/h28H,5-27H2,1-4H3,(H2,34,41). The van der Waals surface area contributed by atoms with E-state index in [4.69, 9.17) is 15.7 Å². The van der Waals surface area contributed by atoms with Crippen LogP contribution in [-0.4, -0.2) is 78.9 Å². The molecule has 0 bridgehead atoms. The number of nitrogens with zero attached hydrogens (tertiary/aromatic N) is 6. The van der Waals surface area contributed by atoms with Gasteiger partial charge in [0.15, 0.2) is 0 Å². The lowest BCUT2D eigenvalue weighted by Crippen LogP contribution is -2.51. The van der Waals surface area contributed by atoms with Crippen molar-refractivity contribution >= 4 is 30.8 Å². The normalized spacial score (nSPS) is 14.8. The van der Waals surface area contributed by atoms with E-state index in [1.807, 2.05) is 7.05 Å². The summed E-state index contributed by atoms with van der Waals surface area (Å²) in [4.78, 5) is 32.7. The molecule has 1 aromatic rings. The third kappa shape index (κ3) is 14.7. The first-order chi connectivity index (χ1) is 20.0. The zero-order valence-corrected chi connectivity index (χ0v) is 27.1. The highest BCUT2D eigenvalue weighted by Gasteiger charge is 2.26. The van der Waals surface area contributed by atoms with Crippen LogP contribution in [0.5, 0.6) is 0 Å². The van der Waals surface area contributed by atoms with Crippen LogP contribution in [0.25, 0.3) is 0 Å². The van der Waals surface area contributed by atoms with E-state index in [0.717, 1.165) is 44.9 Å². The van der Waals surface area contributed by atoms with Crippen LogP contribution in [0.3, 0.4) is 0 Å². The van der Waals surface area contributed by atoms with E-state index in [1.165, 1.54) is 103 Å². The lowest BCUT2D eigenvalue weighted by Gasteiger charge is -2.39. The first-order valence-corrected chi connectivity index (χ1v) is 17.1. The molecule has 1 fully saturated rings. The highest BCUT2D eigenvalue weighted by Crippen LogP contribution is 2.21. The van der Waals surface area contributed by atoms with Crippen LogP contribution in [0.4, 0.5) is 11.9 Å². The number of aromatic nitrogens is 3. The molecule has 0 aliphatic carbocycles. The van der Waals surface area contributed by atoms with Crippen molar-refractivity contribution in [1.82, 2.24) is 19.9 Å². The number of rotatable bonds is 24. The summed E-state index contributed by atoms with van der Waals surface area (Å²) in [5.41, 5.74) is 6.18. The van der Waals surface area contributed by atoms with Crippen LogP contribution in [0, 0.1) is 0 Å². The summed E-state index contributed by atoms with van der Waals surface area (Å²) in [6.07, 6.45) is 23.3. The van der Waals surface area contributed by atoms with Gasteiger partial charge in [-0.2, -0.15) is 4.98 Å². The summed E-state index contributed by atoms with van der Waals surface area (Å²) in [7, 11) is 3.96. The van der Waals surface area contributed by atoms with Crippen molar-refractivity contribution in [2.75, 3.05) is 49.6 Å². The second kappa shape index (κ2) is 21.8. The number of hydrogen-bond donors (Lipinski definition) is 1. The Hall–Kier alpha value is -1.90. The second-order valence-corrected chi connectivity index (χ2v) is 12.1. The van der Waals surface area contributed by atoms with E-state index in [1.54, 1.807) is 4.90 Å². The van der Waals surface area contributed by atoms with Gasteiger partial charge in [0, 0.05) is 39.3 Å². The number of carbonyl (C=O) groups excluding carboxylic acids is 1. The molecule has 1 aromatic heterocycles. The maximum Gasteiger partial charge on any atom is 0.237 e. The minimum atomic E-state index is -0.389. The number of unbranched alkanes of at least 4 members (excludes halogenated alkanes) is 12. The molecule has 1 amide bonds. The molecule has 1 saturated heterocycles. The van der Waals surface area contributed by atoms with Crippen LogP contribution in [0.15, 0.2) is 0 Å². The Morgan fingerprint density at radius 1 is 0.780 bits per heavy atom. The van der Waals surface area contributed by atoms with Crippen molar-refractivity contribution < 1.29 is 4.79 Å². The van der Waals surface area contributed by atoms with Gasteiger partial charge in [0.1, 0.15) is 0 Å². The number of carbonyl (C=O) groups is 1. The summed E-state index contributed by atoms with van der Waals surface area (Å²) in [5.74, 6) is 0.853. The molecule has 2 heterocycles. The molecule has 2 rings (SSSR count).